The van der Waals surface area contributed by atoms with Gasteiger partial charge in [-0.15, -0.1) is 0 Å². The molecule has 35 heavy (non-hydrogen) atoms. The van der Waals surface area contributed by atoms with Gasteiger partial charge in [0.2, 0.25) is 0 Å². The van der Waals surface area contributed by atoms with Crippen LogP contribution in [0.5, 0.6) is 11.5 Å². The van der Waals surface area contributed by atoms with Gasteiger partial charge in [-0.25, -0.2) is 13.8 Å². The topological polar surface area (TPSA) is 96.5 Å². The number of pyridine rings is 1. The lowest BCUT2D eigenvalue weighted by molar-refractivity contribution is -0.0223. The molecule has 1 aliphatic heterocycles. The second kappa shape index (κ2) is 9.81. The molecule has 0 aliphatic carbocycles. The van der Waals surface area contributed by atoms with E-state index in [1.807, 2.05) is 0 Å². The third kappa shape index (κ3) is 4.73. The van der Waals surface area contributed by atoms with Gasteiger partial charge >= 0.3 is 0 Å². The summed E-state index contributed by atoms with van der Waals surface area (Å²) in [6.45, 7) is 0.402. The summed E-state index contributed by atoms with van der Waals surface area (Å²) in [5.41, 5.74) is 1.29. The molecule has 5 rings (SSSR count). The number of nitrogens with one attached hydrogen (secondary N) is 2. The minimum Gasteiger partial charge on any atom is -0.454 e. The summed E-state index contributed by atoms with van der Waals surface area (Å²) in [7, 11) is 0. The normalized spacial score (nSPS) is 17.9. The predicted molar refractivity (Wildman–Crippen MR) is 126 cm³/mol. The molecule has 0 spiro atoms. The Hall–Kier alpha value is -3.82. The first-order valence-electron chi connectivity index (χ1n) is 11.2. The fourth-order valence-electron chi connectivity index (χ4n) is 4.18. The average Bonchev–Trinajstić information content (AvgIpc) is 3.31. The standard InChI is InChI=1S/C26H23F2N3O4/c27-20-3-1-2-4-23(20)35-16-7-8-18(21(28)11-16)25(33)19-12-30-26-24(19)22(9-10-29-26)31-15-5-6-17(13-32)34-14-15/h1-4,7-12,15,17,32H,5-6,13-14H2,(H2,29,30,31)/t15-,17+/m1/s1. The van der Waals surface area contributed by atoms with E-state index in [2.05, 4.69) is 15.3 Å². The number of aliphatic hydroxyl groups is 1. The van der Waals surface area contributed by atoms with Crippen LogP contribution in [0.1, 0.15) is 28.8 Å². The molecule has 0 unspecified atom stereocenters. The zero-order valence-corrected chi connectivity index (χ0v) is 18.6. The van der Waals surface area contributed by atoms with Crippen LogP contribution >= 0.6 is 0 Å². The maximum Gasteiger partial charge on any atom is 0.198 e. The van der Waals surface area contributed by atoms with E-state index in [0.717, 1.165) is 12.5 Å². The first-order chi connectivity index (χ1) is 17.0. The van der Waals surface area contributed by atoms with Gasteiger partial charge in [0, 0.05) is 30.2 Å². The van der Waals surface area contributed by atoms with Gasteiger partial charge in [-0.1, -0.05) is 12.1 Å². The van der Waals surface area contributed by atoms with Crippen molar-refractivity contribution in [3.05, 3.63) is 83.7 Å². The maximum absolute atomic E-state index is 15.0. The summed E-state index contributed by atoms with van der Waals surface area (Å²) < 4.78 is 39.9. The molecule has 0 saturated carbocycles. The summed E-state index contributed by atoms with van der Waals surface area (Å²) in [4.78, 5) is 20.6. The molecule has 0 radical (unpaired) electrons. The third-order valence-corrected chi connectivity index (χ3v) is 6.00. The summed E-state index contributed by atoms with van der Waals surface area (Å²) in [6.07, 6.45) is 4.47. The lowest BCUT2D eigenvalue weighted by Crippen LogP contribution is -2.36. The molecule has 1 fully saturated rings. The highest BCUT2D eigenvalue weighted by Gasteiger charge is 2.24. The third-order valence-electron chi connectivity index (χ3n) is 6.00. The van der Waals surface area contributed by atoms with E-state index in [9.17, 15) is 18.7 Å². The van der Waals surface area contributed by atoms with E-state index in [0.29, 0.717) is 29.7 Å². The number of anilines is 1. The number of aromatic nitrogens is 2. The monoisotopic (exact) mass is 479 g/mol. The number of H-pyrrole nitrogens is 1. The Morgan fingerprint density at radius 2 is 2.00 bits per heavy atom. The second-order valence-electron chi connectivity index (χ2n) is 8.34. The Balaban J connectivity index is 1.40. The molecule has 180 valence electrons. The van der Waals surface area contributed by atoms with Crippen molar-refractivity contribution >= 4 is 22.5 Å². The van der Waals surface area contributed by atoms with Crippen molar-refractivity contribution in [2.75, 3.05) is 18.5 Å². The summed E-state index contributed by atoms with van der Waals surface area (Å²) >= 11 is 0. The number of halogens is 2. The van der Waals surface area contributed by atoms with E-state index < -0.39 is 17.4 Å². The van der Waals surface area contributed by atoms with Gasteiger partial charge in [-0.05, 0) is 43.2 Å². The molecular formula is C26H23F2N3O4. The lowest BCUT2D eigenvalue weighted by atomic mass is 10.0. The lowest BCUT2D eigenvalue weighted by Gasteiger charge is -2.29. The smallest absolute Gasteiger partial charge is 0.198 e. The minimum absolute atomic E-state index is 0.00666. The maximum atomic E-state index is 15.0. The van der Waals surface area contributed by atoms with Crippen LogP contribution < -0.4 is 10.1 Å². The number of aliphatic hydroxyl groups excluding tert-OH is 1. The number of ether oxygens (including phenoxy) is 2. The number of para-hydroxylation sites is 1. The number of fused-ring (bicyclic) bond motifs is 1. The number of rotatable bonds is 7. The first-order valence-corrected chi connectivity index (χ1v) is 11.2. The van der Waals surface area contributed by atoms with Crippen LogP contribution in [0.4, 0.5) is 14.5 Å². The van der Waals surface area contributed by atoms with Crippen LogP contribution in [0.3, 0.4) is 0 Å². The van der Waals surface area contributed by atoms with E-state index in [-0.39, 0.29) is 41.4 Å². The van der Waals surface area contributed by atoms with E-state index >= 15 is 0 Å². The Bertz CT molecular complexity index is 1370. The van der Waals surface area contributed by atoms with Gasteiger partial charge < -0.3 is 24.9 Å². The van der Waals surface area contributed by atoms with Crippen LogP contribution in [0.15, 0.2) is 60.9 Å². The molecule has 2 atom stereocenters. The molecule has 2 aromatic carbocycles. The average molecular weight is 479 g/mol. The van der Waals surface area contributed by atoms with Crippen LogP contribution in [0, 0.1) is 11.6 Å². The van der Waals surface area contributed by atoms with E-state index in [1.165, 1.54) is 36.5 Å². The quantitative estimate of drug-likeness (QED) is 0.329. The summed E-state index contributed by atoms with van der Waals surface area (Å²) in [5, 5.41) is 13.2. The van der Waals surface area contributed by atoms with Crippen molar-refractivity contribution in [1.29, 1.82) is 0 Å². The number of nitrogens with zero attached hydrogens (tertiary/aromatic N) is 1. The summed E-state index contributed by atoms with van der Waals surface area (Å²) in [6, 6.07) is 11.4. The second-order valence-corrected chi connectivity index (χ2v) is 8.34. The van der Waals surface area contributed by atoms with Crippen LogP contribution in [-0.4, -0.2) is 46.2 Å². The molecule has 0 bridgehead atoms. The van der Waals surface area contributed by atoms with Crippen molar-refractivity contribution in [3.63, 3.8) is 0 Å². The van der Waals surface area contributed by atoms with Crippen molar-refractivity contribution in [2.45, 2.75) is 25.0 Å². The van der Waals surface area contributed by atoms with Gasteiger partial charge in [0.1, 0.15) is 17.2 Å². The number of hydrogen-bond donors (Lipinski definition) is 3. The van der Waals surface area contributed by atoms with Crippen molar-refractivity contribution in [1.82, 2.24) is 9.97 Å². The molecule has 7 nitrogen and oxygen atoms in total. The van der Waals surface area contributed by atoms with Gasteiger partial charge in [0.15, 0.2) is 17.3 Å². The first kappa shape index (κ1) is 22.9. The molecular weight excluding hydrogens is 456 g/mol. The Labute approximate surface area is 199 Å². The number of ketones is 1. The highest BCUT2D eigenvalue weighted by Crippen LogP contribution is 2.31. The number of carbonyl (C=O) groups is 1. The molecule has 1 aliphatic rings. The van der Waals surface area contributed by atoms with Gasteiger partial charge in [0.25, 0.3) is 0 Å². The van der Waals surface area contributed by atoms with Crippen LogP contribution in [0.25, 0.3) is 11.0 Å². The zero-order valence-electron chi connectivity index (χ0n) is 18.6. The number of carbonyl (C=O) groups excluding carboxylic acids is 1. The van der Waals surface area contributed by atoms with E-state index in [1.54, 1.807) is 18.3 Å². The molecule has 2 aromatic heterocycles. The van der Waals surface area contributed by atoms with Crippen molar-refractivity contribution in [3.8, 4) is 11.5 Å². The SMILES string of the molecule is O=C(c1ccc(Oc2ccccc2F)cc1F)c1c[nH]c2nccc(N[C@@H]3CC[C@@H](CO)OC3)c12. The fourth-order valence-corrected chi connectivity index (χ4v) is 4.18. The molecule has 3 N–H and O–H groups in total. The highest BCUT2D eigenvalue weighted by atomic mass is 19.1. The number of hydrogen-bond acceptors (Lipinski definition) is 6. The Morgan fingerprint density at radius 3 is 2.74 bits per heavy atom. The number of aromatic amines is 1. The molecule has 9 heteroatoms. The molecule has 4 aromatic rings. The van der Waals surface area contributed by atoms with Gasteiger partial charge in [-0.3, -0.25) is 4.79 Å². The minimum atomic E-state index is -0.785. The number of benzene rings is 2. The molecule has 3 heterocycles. The Kier molecular flexibility index (Phi) is 6.43. The van der Waals surface area contributed by atoms with Crippen LogP contribution in [0.2, 0.25) is 0 Å². The predicted octanol–water partition coefficient (Wildman–Crippen LogP) is 4.82. The Morgan fingerprint density at radius 1 is 1.14 bits per heavy atom. The van der Waals surface area contributed by atoms with Crippen molar-refractivity contribution < 1.29 is 28.2 Å². The zero-order chi connectivity index (χ0) is 24.4. The van der Waals surface area contributed by atoms with Crippen molar-refractivity contribution in [2.24, 2.45) is 0 Å². The summed E-state index contributed by atoms with van der Waals surface area (Å²) in [5.74, 6) is -1.85. The van der Waals surface area contributed by atoms with Crippen LogP contribution in [-0.2, 0) is 4.74 Å². The highest BCUT2D eigenvalue weighted by molar-refractivity contribution is 6.18. The van der Waals surface area contributed by atoms with Gasteiger partial charge in [0.05, 0.1) is 35.8 Å². The fraction of sp³-hybridized carbons (Fsp3) is 0.231. The molecule has 0 amide bonds. The van der Waals surface area contributed by atoms with Gasteiger partial charge in [-0.2, -0.15) is 0 Å². The van der Waals surface area contributed by atoms with E-state index in [4.69, 9.17) is 9.47 Å². The largest absolute Gasteiger partial charge is 0.454 e. The molecule has 1 saturated heterocycles.